The smallest absolute Gasteiger partial charge is 0.222 e. The average Bonchev–Trinajstić information content (AvgIpc) is 2.32. The van der Waals surface area contributed by atoms with Gasteiger partial charge in [-0.15, -0.1) is 0 Å². The monoisotopic (exact) mass is 295 g/mol. The number of nitrogens with zero attached hydrogens (tertiary/aromatic N) is 1. The first kappa shape index (κ1) is 20.0. The van der Waals surface area contributed by atoms with Crippen molar-refractivity contribution in [2.45, 2.75) is 27.2 Å². The molecule has 1 rings (SSSR count). The summed E-state index contributed by atoms with van der Waals surface area (Å²) >= 11 is 3.79. The van der Waals surface area contributed by atoms with E-state index in [0.29, 0.717) is 36.9 Å². The van der Waals surface area contributed by atoms with E-state index in [-0.39, 0.29) is 5.91 Å². The van der Waals surface area contributed by atoms with Crippen LogP contribution in [0, 0.1) is 5.92 Å². The zero-order valence-corrected chi connectivity index (χ0v) is 13.3. The third-order valence-corrected chi connectivity index (χ3v) is 3.39. The quantitative estimate of drug-likeness (QED) is 0.783. The highest BCUT2D eigenvalue weighted by atomic mass is 32.2. The van der Waals surface area contributed by atoms with E-state index >= 15 is 0 Å². The summed E-state index contributed by atoms with van der Waals surface area (Å²) in [7, 11) is -0.684. The molecular formula is C12H25NO3S2. The standard InChI is InChI=1S/C9H17NO2S.C2H6S.CH2O/c1-8(2)7-9(11)10-3-5-13(12)6-4-10;1-2-3;1-2/h8H,3-7H2,1-2H3;3H,2H2,1H3;1H2. The fourth-order valence-electron chi connectivity index (χ4n) is 1.37. The Bertz CT molecular complexity index is 237. The maximum Gasteiger partial charge on any atom is 0.222 e. The second-order valence-electron chi connectivity index (χ2n) is 4.14. The van der Waals surface area contributed by atoms with Crippen LogP contribution in [0.25, 0.3) is 0 Å². The summed E-state index contributed by atoms with van der Waals surface area (Å²) in [6.45, 7) is 9.43. The topological polar surface area (TPSA) is 54.5 Å². The van der Waals surface area contributed by atoms with Gasteiger partial charge in [-0.1, -0.05) is 20.8 Å². The Morgan fingerprint density at radius 1 is 1.33 bits per heavy atom. The second kappa shape index (κ2) is 13.1. The van der Waals surface area contributed by atoms with Crippen LogP contribution in [-0.4, -0.2) is 52.2 Å². The zero-order chi connectivity index (χ0) is 14.6. The van der Waals surface area contributed by atoms with Crippen LogP contribution in [0.3, 0.4) is 0 Å². The van der Waals surface area contributed by atoms with Gasteiger partial charge in [0.15, 0.2) is 0 Å². The summed E-state index contributed by atoms with van der Waals surface area (Å²) < 4.78 is 11.0. The zero-order valence-electron chi connectivity index (χ0n) is 11.6. The molecule has 18 heavy (non-hydrogen) atoms. The molecule has 1 fully saturated rings. The van der Waals surface area contributed by atoms with E-state index in [2.05, 4.69) is 12.6 Å². The molecule has 0 bridgehead atoms. The molecule has 0 atom stereocenters. The molecule has 6 heteroatoms. The third kappa shape index (κ3) is 10.8. The lowest BCUT2D eigenvalue weighted by Crippen LogP contribution is -2.42. The van der Waals surface area contributed by atoms with Gasteiger partial charge in [-0.2, -0.15) is 12.6 Å². The molecule has 0 saturated carbocycles. The predicted molar refractivity (Wildman–Crippen MR) is 80.6 cm³/mol. The van der Waals surface area contributed by atoms with Gasteiger partial charge in [-0.3, -0.25) is 9.00 Å². The number of rotatable bonds is 2. The molecule has 0 unspecified atom stereocenters. The van der Waals surface area contributed by atoms with Gasteiger partial charge < -0.3 is 9.69 Å². The van der Waals surface area contributed by atoms with E-state index in [1.807, 2.05) is 32.5 Å². The molecule has 4 nitrogen and oxygen atoms in total. The Balaban J connectivity index is 0. The molecule has 0 aromatic heterocycles. The minimum Gasteiger partial charge on any atom is -0.341 e. The first-order chi connectivity index (χ1) is 8.51. The van der Waals surface area contributed by atoms with Crippen LogP contribution in [0.15, 0.2) is 0 Å². The van der Waals surface area contributed by atoms with Crippen molar-refractivity contribution in [1.29, 1.82) is 0 Å². The molecule has 0 radical (unpaired) electrons. The van der Waals surface area contributed by atoms with Gasteiger partial charge in [0.2, 0.25) is 5.91 Å². The normalized spacial score (nSPS) is 15.3. The summed E-state index contributed by atoms with van der Waals surface area (Å²) in [6, 6.07) is 0. The van der Waals surface area contributed by atoms with Crippen molar-refractivity contribution in [3.63, 3.8) is 0 Å². The fraction of sp³-hybridized carbons (Fsp3) is 0.833. The number of thiol groups is 1. The van der Waals surface area contributed by atoms with Crippen LogP contribution in [0.4, 0.5) is 0 Å². The minimum atomic E-state index is -0.684. The first-order valence-corrected chi connectivity index (χ1v) is 8.15. The third-order valence-electron chi connectivity index (χ3n) is 2.11. The van der Waals surface area contributed by atoms with E-state index in [9.17, 15) is 9.00 Å². The number of hydrogen-bond donors (Lipinski definition) is 1. The Morgan fingerprint density at radius 2 is 1.72 bits per heavy atom. The van der Waals surface area contributed by atoms with E-state index < -0.39 is 10.8 Å². The maximum absolute atomic E-state index is 11.5. The molecule has 1 saturated heterocycles. The Morgan fingerprint density at radius 3 is 2.06 bits per heavy atom. The molecule has 0 aromatic carbocycles. The molecule has 0 spiro atoms. The van der Waals surface area contributed by atoms with Crippen LogP contribution >= 0.6 is 12.6 Å². The summed E-state index contributed by atoms with van der Waals surface area (Å²) in [5, 5.41) is 0. The molecule has 1 aliphatic heterocycles. The Kier molecular flexibility index (Phi) is 14.5. The van der Waals surface area contributed by atoms with Gasteiger partial charge in [-0.05, 0) is 11.7 Å². The van der Waals surface area contributed by atoms with Crippen molar-refractivity contribution in [2.75, 3.05) is 30.3 Å². The van der Waals surface area contributed by atoms with E-state index in [1.165, 1.54) is 0 Å². The number of hydrogen-bond acceptors (Lipinski definition) is 4. The van der Waals surface area contributed by atoms with Crippen molar-refractivity contribution in [1.82, 2.24) is 4.90 Å². The van der Waals surface area contributed by atoms with Gasteiger partial charge in [0, 0.05) is 41.8 Å². The average molecular weight is 295 g/mol. The van der Waals surface area contributed by atoms with Crippen molar-refractivity contribution >= 4 is 36.1 Å². The van der Waals surface area contributed by atoms with Crippen molar-refractivity contribution in [2.24, 2.45) is 5.92 Å². The fourth-order valence-corrected chi connectivity index (χ4v) is 2.42. The lowest BCUT2D eigenvalue weighted by molar-refractivity contribution is -0.131. The highest BCUT2D eigenvalue weighted by molar-refractivity contribution is 7.85. The van der Waals surface area contributed by atoms with Gasteiger partial charge >= 0.3 is 0 Å². The van der Waals surface area contributed by atoms with Gasteiger partial charge in [-0.25, -0.2) is 0 Å². The van der Waals surface area contributed by atoms with E-state index in [0.717, 1.165) is 5.75 Å². The molecule has 0 N–H and O–H groups in total. The SMILES string of the molecule is C=O.CC(C)CC(=O)N1CCS(=O)CC1.CCS. The Hall–Kier alpha value is -0.360. The maximum atomic E-state index is 11.5. The molecule has 1 amide bonds. The predicted octanol–water partition coefficient (Wildman–Crippen LogP) is 1.37. The van der Waals surface area contributed by atoms with E-state index in [1.54, 1.807) is 0 Å². The van der Waals surface area contributed by atoms with Crippen LogP contribution in [-0.2, 0) is 20.4 Å². The number of carbonyl (C=O) groups is 2. The van der Waals surface area contributed by atoms with Gasteiger partial charge in [0.1, 0.15) is 6.79 Å². The van der Waals surface area contributed by atoms with Crippen molar-refractivity contribution < 1.29 is 13.8 Å². The first-order valence-electron chi connectivity index (χ1n) is 6.03. The van der Waals surface area contributed by atoms with Gasteiger partial charge in [0.05, 0.1) is 0 Å². The molecule has 1 aliphatic rings. The van der Waals surface area contributed by atoms with Crippen molar-refractivity contribution in [3.05, 3.63) is 0 Å². The number of carbonyl (C=O) groups excluding carboxylic acids is 2. The highest BCUT2D eigenvalue weighted by Crippen LogP contribution is 2.07. The van der Waals surface area contributed by atoms with Gasteiger partial charge in [0.25, 0.3) is 0 Å². The summed E-state index contributed by atoms with van der Waals surface area (Å²) in [5.41, 5.74) is 0. The molecular weight excluding hydrogens is 270 g/mol. The summed E-state index contributed by atoms with van der Waals surface area (Å²) in [5.74, 6) is 2.89. The largest absolute Gasteiger partial charge is 0.341 e. The minimum absolute atomic E-state index is 0.215. The van der Waals surface area contributed by atoms with Crippen LogP contribution in [0.2, 0.25) is 0 Å². The molecule has 0 aliphatic carbocycles. The summed E-state index contributed by atoms with van der Waals surface area (Å²) in [6.07, 6.45) is 0.618. The second-order valence-corrected chi connectivity index (χ2v) is 6.47. The van der Waals surface area contributed by atoms with Crippen LogP contribution in [0.5, 0.6) is 0 Å². The molecule has 0 aromatic rings. The number of amides is 1. The molecule has 108 valence electrons. The Labute approximate surface area is 118 Å². The highest BCUT2D eigenvalue weighted by Gasteiger charge is 2.20. The van der Waals surface area contributed by atoms with Crippen molar-refractivity contribution in [3.8, 4) is 0 Å². The van der Waals surface area contributed by atoms with E-state index in [4.69, 9.17) is 4.79 Å². The lowest BCUT2D eigenvalue weighted by atomic mass is 10.1. The summed E-state index contributed by atoms with van der Waals surface area (Å²) in [4.78, 5) is 21.4. The van der Waals surface area contributed by atoms with Crippen LogP contribution in [0.1, 0.15) is 27.2 Å². The van der Waals surface area contributed by atoms with Crippen LogP contribution < -0.4 is 0 Å². The lowest BCUT2D eigenvalue weighted by Gasteiger charge is -2.26. The molecule has 1 heterocycles.